The zero-order valence-corrected chi connectivity index (χ0v) is 11.9. The zero-order chi connectivity index (χ0) is 12.8. The molecule has 0 heterocycles. The molecule has 0 aliphatic heterocycles. The van der Waals surface area contributed by atoms with E-state index in [9.17, 15) is 8.42 Å². The first-order valence-electron chi connectivity index (χ1n) is 6.59. The maximum atomic E-state index is 11.8. The van der Waals surface area contributed by atoms with Crippen LogP contribution in [0.25, 0.3) is 0 Å². The van der Waals surface area contributed by atoms with Gasteiger partial charge in [0.2, 0.25) is 10.0 Å². The van der Waals surface area contributed by atoms with Crippen molar-refractivity contribution in [3.05, 3.63) is 0 Å². The van der Waals surface area contributed by atoms with E-state index in [4.69, 9.17) is 0 Å². The van der Waals surface area contributed by atoms with Crippen LogP contribution in [-0.2, 0) is 10.0 Å². The summed E-state index contributed by atoms with van der Waals surface area (Å²) >= 11 is 0. The first-order valence-corrected chi connectivity index (χ1v) is 8.25. The number of hydrogen-bond donors (Lipinski definition) is 2. The van der Waals surface area contributed by atoms with Gasteiger partial charge in [0, 0.05) is 6.54 Å². The molecular weight excluding hydrogens is 236 g/mol. The Morgan fingerprint density at radius 3 is 2.41 bits per heavy atom. The molecule has 0 saturated heterocycles. The predicted molar refractivity (Wildman–Crippen MR) is 71.5 cm³/mol. The van der Waals surface area contributed by atoms with E-state index in [0.717, 1.165) is 19.4 Å². The summed E-state index contributed by atoms with van der Waals surface area (Å²) in [6.07, 6.45) is 6.72. The van der Waals surface area contributed by atoms with Gasteiger partial charge >= 0.3 is 0 Å². The van der Waals surface area contributed by atoms with Crippen molar-refractivity contribution in [2.24, 2.45) is 5.41 Å². The summed E-state index contributed by atoms with van der Waals surface area (Å²) < 4.78 is 26.3. The highest BCUT2D eigenvalue weighted by molar-refractivity contribution is 7.89. The Labute approximate surface area is 106 Å². The van der Waals surface area contributed by atoms with Gasteiger partial charge in [0.25, 0.3) is 0 Å². The summed E-state index contributed by atoms with van der Waals surface area (Å²) in [6, 6.07) is 0. The Balaban J connectivity index is 2.32. The number of nitrogens with one attached hydrogen (secondary N) is 2. The van der Waals surface area contributed by atoms with E-state index in [2.05, 4.69) is 17.0 Å². The SMILES string of the molecule is CNCCCS(=O)(=O)NCC1(C)CCCCC1. The maximum absolute atomic E-state index is 11.8. The average Bonchev–Trinajstić information content (AvgIpc) is 2.28. The quantitative estimate of drug-likeness (QED) is 0.683. The van der Waals surface area contributed by atoms with Crippen LogP contribution < -0.4 is 10.0 Å². The van der Waals surface area contributed by atoms with Crippen molar-refractivity contribution in [1.29, 1.82) is 0 Å². The van der Waals surface area contributed by atoms with Crippen LogP contribution in [-0.4, -0.2) is 34.3 Å². The molecule has 2 N–H and O–H groups in total. The fraction of sp³-hybridized carbons (Fsp3) is 1.00. The molecule has 0 bridgehead atoms. The Kier molecular flexibility index (Phi) is 5.89. The standard InChI is InChI=1S/C12H26N2O2S/c1-12(7-4-3-5-8-12)11-14-17(15,16)10-6-9-13-2/h13-14H,3-11H2,1-2H3. The lowest BCUT2D eigenvalue weighted by Gasteiger charge is -2.33. The summed E-state index contributed by atoms with van der Waals surface area (Å²) in [5.41, 5.74) is 0.175. The molecule has 0 unspecified atom stereocenters. The smallest absolute Gasteiger partial charge is 0.211 e. The average molecular weight is 262 g/mol. The van der Waals surface area contributed by atoms with Crippen LogP contribution in [0.5, 0.6) is 0 Å². The lowest BCUT2D eigenvalue weighted by Crippen LogP contribution is -2.38. The highest BCUT2D eigenvalue weighted by Crippen LogP contribution is 2.35. The van der Waals surface area contributed by atoms with Crippen molar-refractivity contribution >= 4 is 10.0 Å². The molecule has 0 aromatic carbocycles. The summed E-state index contributed by atoms with van der Waals surface area (Å²) in [5.74, 6) is 0.226. The van der Waals surface area contributed by atoms with E-state index in [1.807, 2.05) is 7.05 Å². The first-order chi connectivity index (χ1) is 7.97. The molecule has 0 aromatic rings. The molecule has 4 nitrogen and oxygen atoms in total. The number of sulfonamides is 1. The highest BCUT2D eigenvalue weighted by Gasteiger charge is 2.28. The number of hydrogen-bond acceptors (Lipinski definition) is 3. The Hall–Kier alpha value is -0.130. The zero-order valence-electron chi connectivity index (χ0n) is 11.1. The summed E-state index contributed by atoms with van der Waals surface area (Å²) in [5, 5.41) is 2.96. The normalized spacial score (nSPS) is 20.4. The fourth-order valence-electron chi connectivity index (χ4n) is 2.38. The van der Waals surface area contributed by atoms with Crippen molar-refractivity contribution in [3.8, 4) is 0 Å². The van der Waals surface area contributed by atoms with E-state index >= 15 is 0 Å². The Morgan fingerprint density at radius 2 is 1.82 bits per heavy atom. The molecule has 0 aromatic heterocycles. The van der Waals surface area contributed by atoms with Crippen molar-refractivity contribution < 1.29 is 8.42 Å². The van der Waals surface area contributed by atoms with E-state index < -0.39 is 10.0 Å². The fourth-order valence-corrected chi connectivity index (χ4v) is 3.61. The van der Waals surface area contributed by atoms with Crippen molar-refractivity contribution in [2.75, 3.05) is 25.9 Å². The second-order valence-electron chi connectivity index (χ2n) is 5.47. The van der Waals surface area contributed by atoms with Crippen molar-refractivity contribution in [3.63, 3.8) is 0 Å². The molecule has 1 aliphatic rings. The number of rotatable bonds is 7. The summed E-state index contributed by atoms with van der Waals surface area (Å²) in [7, 11) is -1.24. The molecule has 1 aliphatic carbocycles. The van der Waals surface area contributed by atoms with Gasteiger partial charge < -0.3 is 5.32 Å². The molecule has 17 heavy (non-hydrogen) atoms. The van der Waals surface area contributed by atoms with Crippen LogP contribution in [0.3, 0.4) is 0 Å². The van der Waals surface area contributed by atoms with E-state index in [-0.39, 0.29) is 11.2 Å². The van der Waals surface area contributed by atoms with Crippen LogP contribution in [0.15, 0.2) is 0 Å². The van der Waals surface area contributed by atoms with Gasteiger partial charge in [-0.1, -0.05) is 26.2 Å². The first kappa shape index (κ1) is 14.9. The molecule has 5 heteroatoms. The topological polar surface area (TPSA) is 58.2 Å². The third-order valence-electron chi connectivity index (χ3n) is 3.62. The minimum atomic E-state index is -3.08. The van der Waals surface area contributed by atoms with Gasteiger partial charge in [-0.2, -0.15) is 0 Å². The van der Waals surface area contributed by atoms with Crippen LogP contribution in [0.1, 0.15) is 45.4 Å². The molecule has 1 fully saturated rings. The van der Waals surface area contributed by atoms with Crippen LogP contribution in [0.2, 0.25) is 0 Å². The molecule has 1 saturated carbocycles. The molecule has 0 spiro atoms. The second-order valence-corrected chi connectivity index (χ2v) is 7.39. The molecule has 0 amide bonds. The van der Waals surface area contributed by atoms with Gasteiger partial charge in [-0.3, -0.25) is 0 Å². The van der Waals surface area contributed by atoms with Gasteiger partial charge in [0.1, 0.15) is 0 Å². The second kappa shape index (κ2) is 6.71. The van der Waals surface area contributed by atoms with E-state index in [0.29, 0.717) is 13.0 Å². The van der Waals surface area contributed by atoms with Gasteiger partial charge in [0.15, 0.2) is 0 Å². The van der Waals surface area contributed by atoms with Crippen molar-refractivity contribution in [2.45, 2.75) is 45.4 Å². The lowest BCUT2D eigenvalue weighted by molar-refractivity contribution is 0.219. The molecular formula is C12H26N2O2S. The van der Waals surface area contributed by atoms with Crippen LogP contribution in [0.4, 0.5) is 0 Å². The van der Waals surface area contributed by atoms with Gasteiger partial charge in [-0.05, 0) is 38.3 Å². The Morgan fingerprint density at radius 1 is 1.18 bits per heavy atom. The van der Waals surface area contributed by atoms with Gasteiger partial charge in [0.05, 0.1) is 5.75 Å². The molecule has 0 radical (unpaired) electrons. The summed E-state index contributed by atoms with van der Waals surface area (Å²) in [4.78, 5) is 0. The van der Waals surface area contributed by atoms with E-state index in [1.54, 1.807) is 0 Å². The molecule has 1 rings (SSSR count). The van der Waals surface area contributed by atoms with Crippen LogP contribution in [0, 0.1) is 5.41 Å². The third-order valence-corrected chi connectivity index (χ3v) is 5.03. The van der Waals surface area contributed by atoms with Crippen molar-refractivity contribution in [1.82, 2.24) is 10.0 Å². The predicted octanol–water partition coefficient (Wildman–Crippen LogP) is 1.49. The lowest BCUT2D eigenvalue weighted by atomic mass is 9.76. The third kappa shape index (κ3) is 5.84. The molecule has 102 valence electrons. The van der Waals surface area contributed by atoms with E-state index in [1.165, 1.54) is 19.3 Å². The Bertz CT molecular complexity index is 308. The largest absolute Gasteiger partial charge is 0.320 e. The minimum absolute atomic E-state index is 0.175. The van der Waals surface area contributed by atoms with Gasteiger partial charge in [-0.15, -0.1) is 0 Å². The molecule has 0 atom stereocenters. The van der Waals surface area contributed by atoms with Crippen LogP contribution >= 0.6 is 0 Å². The summed E-state index contributed by atoms with van der Waals surface area (Å²) in [6.45, 7) is 3.55. The maximum Gasteiger partial charge on any atom is 0.211 e. The monoisotopic (exact) mass is 262 g/mol. The van der Waals surface area contributed by atoms with Gasteiger partial charge in [-0.25, -0.2) is 13.1 Å². The highest BCUT2D eigenvalue weighted by atomic mass is 32.2. The minimum Gasteiger partial charge on any atom is -0.320 e.